The predicted molar refractivity (Wildman–Crippen MR) is 82.7 cm³/mol. The molecule has 1 saturated heterocycles. The molecule has 1 fully saturated rings. The number of halogens is 1. The monoisotopic (exact) mass is 294 g/mol. The molecular formula is C16H23ClN2O. The molecule has 110 valence electrons. The Bertz CT molecular complexity index is 456. The number of nitrogens with one attached hydrogen (secondary N) is 1. The normalized spacial score (nSPS) is 19.1. The lowest BCUT2D eigenvalue weighted by atomic mass is 9.97. The smallest absolute Gasteiger partial charge is 0.227 e. The lowest BCUT2D eigenvalue weighted by Crippen LogP contribution is -2.45. The van der Waals surface area contributed by atoms with Crippen molar-refractivity contribution >= 4 is 17.5 Å². The van der Waals surface area contributed by atoms with Gasteiger partial charge in [-0.05, 0) is 50.9 Å². The van der Waals surface area contributed by atoms with Crippen LogP contribution in [-0.2, 0) is 11.3 Å². The average molecular weight is 295 g/mol. The third-order valence-corrected chi connectivity index (χ3v) is 4.03. The first-order chi connectivity index (χ1) is 9.58. The minimum absolute atomic E-state index is 0.116. The summed E-state index contributed by atoms with van der Waals surface area (Å²) in [5.41, 5.74) is 1.09. The van der Waals surface area contributed by atoms with Crippen LogP contribution < -0.4 is 5.32 Å². The molecule has 0 radical (unpaired) electrons. The quantitative estimate of drug-likeness (QED) is 0.925. The summed E-state index contributed by atoms with van der Waals surface area (Å²) in [7, 11) is 0. The van der Waals surface area contributed by atoms with E-state index in [-0.39, 0.29) is 17.9 Å². The summed E-state index contributed by atoms with van der Waals surface area (Å²) in [6.07, 6.45) is 2.07. The first-order valence-electron chi connectivity index (χ1n) is 7.33. The van der Waals surface area contributed by atoms with Crippen LogP contribution in [0, 0.1) is 5.92 Å². The minimum atomic E-state index is 0.116. The highest BCUT2D eigenvalue weighted by Gasteiger charge is 2.27. The Kier molecular flexibility index (Phi) is 5.44. The molecule has 1 atom stereocenters. The van der Waals surface area contributed by atoms with Gasteiger partial charge in [0.1, 0.15) is 0 Å². The molecule has 1 aromatic rings. The molecule has 0 bridgehead atoms. The molecule has 1 aliphatic heterocycles. The van der Waals surface area contributed by atoms with Crippen LogP contribution in [0.5, 0.6) is 0 Å². The van der Waals surface area contributed by atoms with Gasteiger partial charge >= 0.3 is 0 Å². The highest BCUT2D eigenvalue weighted by Crippen LogP contribution is 2.19. The third-order valence-electron chi connectivity index (χ3n) is 3.79. The summed E-state index contributed by atoms with van der Waals surface area (Å²) in [5, 5.41) is 4.03. The van der Waals surface area contributed by atoms with E-state index in [1.54, 1.807) is 0 Å². The van der Waals surface area contributed by atoms with Gasteiger partial charge in [0.15, 0.2) is 0 Å². The topological polar surface area (TPSA) is 32.3 Å². The second-order valence-electron chi connectivity index (χ2n) is 5.73. The molecule has 1 heterocycles. The second kappa shape index (κ2) is 7.09. The summed E-state index contributed by atoms with van der Waals surface area (Å²) in [4.78, 5) is 14.6. The minimum Gasteiger partial charge on any atom is -0.336 e. The number of amides is 1. The highest BCUT2D eigenvalue weighted by molar-refractivity contribution is 6.30. The molecule has 0 spiro atoms. The average Bonchev–Trinajstić information content (AvgIpc) is 2.45. The van der Waals surface area contributed by atoms with Crippen LogP contribution in [0.15, 0.2) is 24.3 Å². The Labute approximate surface area is 126 Å². The zero-order valence-electron chi connectivity index (χ0n) is 12.2. The Morgan fingerprint density at radius 2 is 2.30 bits per heavy atom. The molecule has 0 saturated carbocycles. The number of nitrogens with zero attached hydrogens (tertiary/aromatic N) is 1. The van der Waals surface area contributed by atoms with E-state index >= 15 is 0 Å². The van der Waals surface area contributed by atoms with Gasteiger partial charge in [0.25, 0.3) is 0 Å². The van der Waals surface area contributed by atoms with E-state index in [1.807, 2.05) is 29.2 Å². The number of carbonyl (C=O) groups excluding carboxylic acids is 1. The van der Waals surface area contributed by atoms with Gasteiger partial charge in [0, 0.05) is 24.2 Å². The van der Waals surface area contributed by atoms with E-state index in [0.717, 1.165) is 36.5 Å². The fourth-order valence-electron chi connectivity index (χ4n) is 2.64. The molecule has 1 aliphatic rings. The number of piperidine rings is 1. The van der Waals surface area contributed by atoms with Gasteiger partial charge < -0.3 is 10.2 Å². The lowest BCUT2D eigenvalue weighted by Gasteiger charge is -2.32. The maximum absolute atomic E-state index is 12.7. The third kappa shape index (κ3) is 3.97. The van der Waals surface area contributed by atoms with Gasteiger partial charge in [0.05, 0.1) is 5.92 Å². The van der Waals surface area contributed by atoms with Crippen molar-refractivity contribution in [2.45, 2.75) is 39.3 Å². The van der Waals surface area contributed by atoms with Crippen molar-refractivity contribution in [1.29, 1.82) is 0 Å². The maximum atomic E-state index is 12.7. The standard InChI is InChI=1S/C16H23ClN2O/c1-12(2)19(11-13-5-3-7-15(17)9-13)16(20)14-6-4-8-18-10-14/h3,5,7,9,12,14,18H,4,6,8,10-11H2,1-2H3. The summed E-state index contributed by atoms with van der Waals surface area (Å²) < 4.78 is 0. The Morgan fingerprint density at radius 3 is 2.90 bits per heavy atom. The van der Waals surface area contributed by atoms with E-state index in [0.29, 0.717) is 6.54 Å². The highest BCUT2D eigenvalue weighted by atomic mass is 35.5. The summed E-state index contributed by atoms with van der Waals surface area (Å²) in [6, 6.07) is 7.95. The summed E-state index contributed by atoms with van der Waals surface area (Å²) in [6.45, 7) is 6.60. The Balaban J connectivity index is 2.08. The molecular weight excluding hydrogens is 272 g/mol. The largest absolute Gasteiger partial charge is 0.336 e. The van der Waals surface area contributed by atoms with Crippen LogP contribution in [0.25, 0.3) is 0 Å². The van der Waals surface area contributed by atoms with E-state index in [2.05, 4.69) is 19.2 Å². The van der Waals surface area contributed by atoms with Gasteiger partial charge in [-0.15, -0.1) is 0 Å². The summed E-state index contributed by atoms with van der Waals surface area (Å²) in [5.74, 6) is 0.373. The SMILES string of the molecule is CC(C)N(Cc1cccc(Cl)c1)C(=O)C1CCCNC1. The first kappa shape index (κ1) is 15.3. The van der Waals surface area contributed by atoms with Crippen LogP contribution in [-0.4, -0.2) is 29.9 Å². The zero-order valence-corrected chi connectivity index (χ0v) is 13.0. The van der Waals surface area contributed by atoms with E-state index in [4.69, 9.17) is 11.6 Å². The van der Waals surface area contributed by atoms with Crippen LogP contribution in [0.4, 0.5) is 0 Å². The van der Waals surface area contributed by atoms with Crippen molar-refractivity contribution in [3.63, 3.8) is 0 Å². The van der Waals surface area contributed by atoms with Crippen LogP contribution in [0.3, 0.4) is 0 Å². The lowest BCUT2D eigenvalue weighted by molar-refractivity contribution is -0.138. The van der Waals surface area contributed by atoms with Gasteiger partial charge in [-0.25, -0.2) is 0 Å². The van der Waals surface area contributed by atoms with E-state index < -0.39 is 0 Å². The van der Waals surface area contributed by atoms with Crippen molar-refractivity contribution in [2.75, 3.05) is 13.1 Å². The number of carbonyl (C=O) groups is 1. The molecule has 1 amide bonds. The van der Waals surface area contributed by atoms with Gasteiger partial charge in [-0.3, -0.25) is 4.79 Å². The zero-order chi connectivity index (χ0) is 14.5. The molecule has 4 heteroatoms. The maximum Gasteiger partial charge on any atom is 0.227 e. The molecule has 1 aromatic carbocycles. The van der Waals surface area contributed by atoms with Crippen molar-refractivity contribution in [3.8, 4) is 0 Å². The van der Waals surface area contributed by atoms with Gasteiger partial charge in [-0.2, -0.15) is 0 Å². The van der Waals surface area contributed by atoms with E-state index in [1.165, 1.54) is 0 Å². The second-order valence-corrected chi connectivity index (χ2v) is 6.17. The Morgan fingerprint density at radius 1 is 1.50 bits per heavy atom. The fraction of sp³-hybridized carbons (Fsp3) is 0.562. The molecule has 0 aliphatic carbocycles. The number of hydrogen-bond acceptors (Lipinski definition) is 2. The fourth-order valence-corrected chi connectivity index (χ4v) is 2.86. The van der Waals surface area contributed by atoms with Crippen LogP contribution >= 0.6 is 11.6 Å². The molecule has 3 nitrogen and oxygen atoms in total. The molecule has 20 heavy (non-hydrogen) atoms. The number of rotatable bonds is 4. The van der Waals surface area contributed by atoms with Crippen molar-refractivity contribution in [3.05, 3.63) is 34.9 Å². The van der Waals surface area contributed by atoms with Crippen LogP contribution in [0.2, 0.25) is 5.02 Å². The van der Waals surface area contributed by atoms with E-state index in [9.17, 15) is 4.79 Å². The molecule has 1 unspecified atom stereocenters. The first-order valence-corrected chi connectivity index (χ1v) is 7.71. The number of benzene rings is 1. The van der Waals surface area contributed by atoms with Crippen molar-refractivity contribution in [1.82, 2.24) is 10.2 Å². The molecule has 2 rings (SSSR count). The molecule has 1 N–H and O–H groups in total. The Hall–Kier alpha value is -1.06. The van der Waals surface area contributed by atoms with Crippen molar-refractivity contribution < 1.29 is 4.79 Å². The molecule has 0 aromatic heterocycles. The summed E-state index contributed by atoms with van der Waals surface area (Å²) >= 11 is 6.02. The number of hydrogen-bond donors (Lipinski definition) is 1. The van der Waals surface area contributed by atoms with Gasteiger partial charge in [-0.1, -0.05) is 23.7 Å². The van der Waals surface area contributed by atoms with Gasteiger partial charge in [0.2, 0.25) is 5.91 Å². The van der Waals surface area contributed by atoms with Crippen molar-refractivity contribution in [2.24, 2.45) is 5.92 Å². The van der Waals surface area contributed by atoms with Crippen LogP contribution in [0.1, 0.15) is 32.3 Å². The predicted octanol–water partition coefficient (Wildman–Crippen LogP) is 3.08.